The Balaban J connectivity index is 0.00000225. The van der Waals surface area contributed by atoms with E-state index in [0.29, 0.717) is 5.92 Å². The van der Waals surface area contributed by atoms with Gasteiger partial charge in [-0.1, -0.05) is 28.1 Å². The lowest BCUT2D eigenvalue weighted by molar-refractivity contribution is 0.298. The molecular formula is C20H28BrIN6. The van der Waals surface area contributed by atoms with Gasteiger partial charge >= 0.3 is 0 Å². The second kappa shape index (κ2) is 9.56. The van der Waals surface area contributed by atoms with Crippen molar-refractivity contribution in [3.8, 4) is 0 Å². The summed E-state index contributed by atoms with van der Waals surface area (Å²) >= 11 is 3.60. The zero-order valence-corrected chi connectivity index (χ0v) is 20.1. The van der Waals surface area contributed by atoms with E-state index in [2.05, 4.69) is 72.5 Å². The molecule has 152 valence electrons. The van der Waals surface area contributed by atoms with E-state index in [1.165, 1.54) is 18.4 Å². The lowest BCUT2D eigenvalue weighted by Gasteiger charge is -2.33. The summed E-state index contributed by atoms with van der Waals surface area (Å²) in [5.74, 6) is 2.54. The number of hydrogen-bond acceptors (Lipinski definition) is 3. The number of guanidine groups is 1. The van der Waals surface area contributed by atoms with Crippen molar-refractivity contribution in [3.63, 3.8) is 0 Å². The molecule has 0 spiro atoms. The van der Waals surface area contributed by atoms with E-state index >= 15 is 0 Å². The van der Waals surface area contributed by atoms with E-state index in [0.717, 1.165) is 55.3 Å². The van der Waals surface area contributed by atoms with Crippen LogP contribution in [0, 0.1) is 0 Å². The van der Waals surface area contributed by atoms with Crippen molar-refractivity contribution in [3.05, 3.63) is 46.5 Å². The first-order valence-corrected chi connectivity index (χ1v) is 10.6. The predicted octanol–water partition coefficient (Wildman–Crippen LogP) is 4.06. The van der Waals surface area contributed by atoms with Crippen LogP contribution in [0.1, 0.15) is 49.9 Å². The highest BCUT2D eigenvalue weighted by molar-refractivity contribution is 14.0. The van der Waals surface area contributed by atoms with Gasteiger partial charge in [0, 0.05) is 35.4 Å². The van der Waals surface area contributed by atoms with Crippen LogP contribution in [-0.4, -0.2) is 52.2 Å². The Morgan fingerprint density at radius 2 is 2.14 bits per heavy atom. The summed E-state index contributed by atoms with van der Waals surface area (Å²) in [7, 11) is 0. The molecule has 8 heteroatoms. The van der Waals surface area contributed by atoms with E-state index in [-0.39, 0.29) is 29.4 Å². The Labute approximate surface area is 192 Å². The van der Waals surface area contributed by atoms with Gasteiger partial charge in [-0.05, 0) is 50.3 Å². The van der Waals surface area contributed by atoms with Gasteiger partial charge in [-0.3, -0.25) is 10.1 Å². The molecule has 0 atom stereocenters. The maximum Gasteiger partial charge on any atom is 0.193 e. The number of nitrogens with one attached hydrogen (secondary N) is 2. The Hall–Kier alpha value is -1.16. The van der Waals surface area contributed by atoms with Crippen LogP contribution in [0.2, 0.25) is 0 Å². The average molecular weight is 559 g/mol. The van der Waals surface area contributed by atoms with Gasteiger partial charge < -0.3 is 10.2 Å². The topological polar surface area (TPSA) is 69.2 Å². The van der Waals surface area contributed by atoms with Crippen LogP contribution in [0.3, 0.4) is 0 Å². The second-order valence-electron chi connectivity index (χ2n) is 7.59. The van der Waals surface area contributed by atoms with Gasteiger partial charge in [0.15, 0.2) is 5.96 Å². The Bertz CT molecular complexity index is 782. The number of aromatic nitrogens is 3. The maximum absolute atomic E-state index is 5.05. The molecule has 1 saturated heterocycles. The van der Waals surface area contributed by atoms with Crippen molar-refractivity contribution >= 4 is 45.9 Å². The number of hydrogen-bond donors (Lipinski definition) is 2. The lowest BCUT2D eigenvalue weighted by atomic mass is 9.96. The van der Waals surface area contributed by atoms with Gasteiger partial charge in [-0.25, -0.2) is 4.98 Å². The minimum atomic E-state index is 0. The molecule has 2 fully saturated rings. The van der Waals surface area contributed by atoms with E-state index in [1.54, 1.807) is 6.33 Å². The molecule has 0 unspecified atom stereocenters. The Kier molecular flexibility index (Phi) is 7.36. The predicted molar refractivity (Wildman–Crippen MR) is 126 cm³/mol. The Morgan fingerprint density at radius 3 is 2.75 bits per heavy atom. The summed E-state index contributed by atoms with van der Waals surface area (Å²) in [4.78, 5) is 11.8. The van der Waals surface area contributed by atoms with Crippen LogP contribution in [0.15, 0.2) is 40.1 Å². The van der Waals surface area contributed by atoms with Gasteiger partial charge in [0.05, 0.1) is 6.54 Å². The van der Waals surface area contributed by atoms with E-state index in [1.807, 2.05) is 0 Å². The molecule has 6 nitrogen and oxygen atoms in total. The van der Waals surface area contributed by atoms with Gasteiger partial charge in [-0.15, -0.1) is 24.0 Å². The number of likely N-dealkylation sites (tertiary alicyclic amines) is 1. The van der Waals surface area contributed by atoms with Crippen LogP contribution in [0.5, 0.6) is 0 Å². The summed E-state index contributed by atoms with van der Waals surface area (Å²) in [6, 6.07) is 8.70. The fourth-order valence-corrected chi connectivity index (χ4v) is 4.33. The molecule has 0 amide bonds. The van der Waals surface area contributed by atoms with Crippen molar-refractivity contribution < 1.29 is 0 Å². The molecule has 1 aromatic heterocycles. The standard InChI is InChI=1S/C20H27BrN6.HI/c1-2-22-19(27-10-6-15(7-11-27)18-24-14-25-26-18)23-13-20(8-9-20)16-4-3-5-17(21)12-16;/h3-5,12,14-15H,2,6-11,13H2,1H3,(H,22,23)(H,24,25,26);1H. The van der Waals surface area contributed by atoms with E-state index < -0.39 is 0 Å². The first-order valence-electron chi connectivity index (χ1n) is 9.85. The van der Waals surface area contributed by atoms with E-state index in [4.69, 9.17) is 4.99 Å². The third-order valence-corrected chi connectivity index (χ3v) is 6.27. The van der Waals surface area contributed by atoms with Crippen LogP contribution in [0.25, 0.3) is 0 Å². The molecule has 1 aliphatic heterocycles. The summed E-state index contributed by atoms with van der Waals surface area (Å²) in [6.07, 6.45) is 6.21. The normalized spacial score (nSPS) is 19.2. The summed E-state index contributed by atoms with van der Waals surface area (Å²) < 4.78 is 1.15. The minimum Gasteiger partial charge on any atom is -0.357 e. The monoisotopic (exact) mass is 558 g/mol. The first kappa shape index (κ1) is 21.5. The van der Waals surface area contributed by atoms with Crippen LogP contribution in [-0.2, 0) is 5.41 Å². The highest BCUT2D eigenvalue weighted by atomic mass is 127. The summed E-state index contributed by atoms with van der Waals surface area (Å²) in [6.45, 7) is 5.89. The van der Waals surface area contributed by atoms with Crippen molar-refractivity contribution in [2.75, 3.05) is 26.2 Å². The number of aliphatic imine (C=N–C) groups is 1. The molecule has 2 heterocycles. The molecule has 0 radical (unpaired) electrons. The van der Waals surface area contributed by atoms with Gasteiger partial charge in [0.25, 0.3) is 0 Å². The lowest BCUT2D eigenvalue weighted by Crippen LogP contribution is -2.45. The average Bonchev–Trinajstić information content (AvgIpc) is 3.28. The van der Waals surface area contributed by atoms with Crippen molar-refractivity contribution in [1.82, 2.24) is 25.4 Å². The fourth-order valence-electron chi connectivity index (χ4n) is 3.94. The minimum absolute atomic E-state index is 0. The van der Waals surface area contributed by atoms with Crippen LogP contribution in [0.4, 0.5) is 0 Å². The first-order chi connectivity index (χ1) is 13.2. The molecule has 1 saturated carbocycles. The molecule has 1 aromatic carbocycles. The number of halogens is 2. The molecular weight excluding hydrogens is 531 g/mol. The molecule has 0 bridgehead atoms. The van der Waals surface area contributed by atoms with Crippen molar-refractivity contribution in [1.29, 1.82) is 0 Å². The van der Waals surface area contributed by atoms with Gasteiger partial charge in [0.2, 0.25) is 0 Å². The number of rotatable bonds is 5. The number of benzene rings is 1. The molecule has 2 aromatic rings. The molecule has 1 aliphatic carbocycles. The van der Waals surface area contributed by atoms with Crippen molar-refractivity contribution in [2.24, 2.45) is 4.99 Å². The SMILES string of the molecule is CCNC(=NCC1(c2cccc(Br)c2)CC1)N1CCC(c2ncn[nH]2)CC1.I. The van der Waals surface area contributed by atoms with E-state index in [9.17, 15) is 0 Å². The Morgan fingerprint density at radius 1 is 1.36 bits per heavy atom. The summed E-state index contributed by atoms with van der Waals surface area (Å²) in [5, 5.41) is 10.5. The highest BCUT2D eigenvalue weighted by Gasteiger charge is 2.44. The number of piperidine rings is 1. The van der Waals surface area contributed by atoms with Gasteiger partial charge in [0.1, 0.15) is 12.2 Å². The quantitative estimate of drug-likeness (QED) is 0.330. The van der Waals surface area contributed by atoms with Gasteiger partial charge in [-0.2, -0.15) is 5.10 Å². The van der Waals surface area contributed by atoms with Crippen LogP contribution >= 0.6 is 39.9 Å². The third kappa shape index (κ3) is 4.87. The number of H-pyrrole nitrogens is 1. The van der Waals surface area contributed by atoms with Crippen molar-refractivity contribution in [2.45, 2.75) is 43.9 Å². The maximum atomic E-state index is 5.05. The number of nitrogens with zero attached hydrogens (tertiary/aromatic N) is 4. The van der Waals surface area contributed by atoms with Crippen LogP contribution < -0.4 is 5.32 Å². The fraction of sp³-hybridized carbons (Fsp3) is 0.550. The molecule has 2 N–H and O–H groups in total. The second-order valence-corrected chi connectivity index (χ2v) is 8.51. The molecule has 28 heavy (non-hydrogen) atoms. The third-order valence-electron chi connectivity index (χ3n) is 5.77. The highest BCUT2D eigenvalue weighted by Crippen LogP contribution is 2.48. The zero-order chi connectivity index (χ0) is 18.7. The zero-order valence-electron chi connectivity index (χ0n) is 16.2. The molecule has 2 aliphatic rings. The number of aromatic amines is 1. The molecule has 4 rings (SSSR count). The summed E-state index contributed by atoms with van der Waals surface area (Å²) in [5.41, 5.74) is 1.63. The largest absolute Gasteiger partial charge is 0.357 e. The smallest absolute Gasteiger partial charge is 0.193 e.